The van der Waals surface area contributed by atoms with E-state index >= 15 is 0 Å². The number of rotatable bonds is 6. The highest BCUT2D eigenvalue weighted by Gasteiger charge is 2.23. The average molecular weight is 298 g/mol. The molecule has 118 valence electrons. The Morgan fingerprint density at radius 2 is 2.05 bits per heavy atom. The first-order valence-corrected chi connectivity index (χ1v) is 8.17. The summed E-state index contributed by atoms with van der Waals surface area (Å²) in [5, 5.41) is 0. The standard InChI is InChI=1S/C20H26O2/c1-16(2)8-6-11-17-12-7-13-19(14-17)20(21)22-15-18-9-4-3-5-10-18/h3-5,8-10,12,19H,6-7,11,13-15H2,1-2H3. The Labute approximate surface area is 133 Å². The number of carbonyl (C=O) groups excluding carboxylic acids is 1. The molecule has 0 fully saturated rings. The van der Waals surface area contributed by atoms with Gasteiger partial charge in [0.05, 0.1) is 5.92 Å². The summed E-state index contributed by atoms with van der Waals surface area (Å²) in [7, 11) is 0. The monoisotopic (exact) mass is 298 g/mol. The minimum Gasteiger partial charge on any atom is -0.461 e. The van der Waals surface area contributed by atoms with Crippen LogP contribution in [0.4, 0.5) is 0 Å². The largest absolute Gasteiger partial charge is 0.461 e. The molecule has 1 aliphatic carbocycles. The van der Waals surface area contributed by atoms with Crippen LogP contribution in [0.2, 0.25) is 0 Å². The third-order valence-electron chi connectivity index (χ3n) is 4.03. The van der Waals surface area contributed by atoms with E-state index in [-0.39, 0.29) is 11.9 Å². The number of allylic oxidation sites excluding steroid dienone is 4. The van der Waals surface area contributed by atoms with Gasteiger partial charge in [-0.15, -0.1) is 0 Å². The second kappa shape index (κ2) is 8.57. The Balaban J connectivity index is 1.79. The molecule has 2 rings (SSSR count). The first-order valence-electron chi connectivity index (χ1n) is 8.17. The number of ether oxygens (including phenoxy) is 1. The van der Waals surface area contributed by atoms with Crippen LogP contribution in [0.1, 0.15) is 51.5 Å². The van der Waals surface area contributed by atoms with Crippen molar-refractivity contribution in [3.05, 3.63) is 59.2 Å². The predicted molar refractivity (Wildman–Crippen MR) is 90.3 cm³/mol. The minimum absolute atomic E-state index is 0.0374. The summed E-state index contributed by atoms with van der Waals surface area (Å²) in [5.41, 5.74) is 3.81. The van der Waals surface area contributed by atoms with Gasteiger partial charge >= 0.3 is 5.97 Å². The van der Waals surface area contributed by atoms with E-state index in [1.807, 2.05) is 30.3 Å². The van der Waals surface area contributed by atoms with Crippen molar-refractivity contribution in [1.82, 2.24) is 0 Å². The zero-order valence-corrected chi connectivity index (χ0v) is 13.7. The molecular weight excluding hydrogens is 272 g/mol. The van der Waals surface area contributed by atoms with Crippen molar-refractivity contribution in [3.8, 4) is 0 Å². The van der Waals surface area contributed by atoms with Gasteiger partial charge in [0, 0.05) is 0 Å². The number of esters is 1. The Morgan fingerprint density at radius 1 is 1.27 bits per heavy atom. The molecule has 1 atom stereocenters. The molecule has 2 nitrogen and oxygen atoms in total. The average Bonchev–Trinajstić information content (AvgIpc) is 2.53. The Morgan fingerprint density at radius 3 is 2.77 bits per heavy atom. The Bertz CT molecular complexity index is 536. The fraction of sp³-hybridized carbons (Fsp3) is 0.450. The second-order valence-electron chi connectivity index (χ2n) is 6.25. The summed E-state index contributed by atoms with van der Waals surface area (Å²) in [6.07, 6.45) is 9.48. The van der Waals surface area contributed by atoms with Crippen LogP contribution in [0, 0.1) is 5.92 Å². The lowest BCUT2D eigenvalue weighted by Crippen LogP contribution is -2.20. The lowest BCUT2D eigenvalue weighted by molar-refractivity contribution is -0.150. The molecule has 1 aromatic rings. The van der Waals surface area contributed by atoms with Crippen LogP contribution in [-0.4, -0.2) is 5.97 Å². The molecule has 1 aromatic carbocycles. The van der Waals surface area contributed by atoms with Gasteiger partial charge in [-0.2, -0.15) is 0 Å². The molecule has 1 aliphatic rings. The van der Waals surface area contributed by atoms with Crippen molar-refractivity contribution in [1.29, 1.82) is 0 Å². The molecule has 0 radical (unpaired) electrons. The van der Waals surface area contributed by atoms with Gasteiger partial charge in [-0.05, 0) is 51.5 Å². The number of hydrogen-bond donors (Lipinski definition) is 0. The van der Waals surface area contributed by atoms with E-state index in [9.17, 15) is 4.79 Å². The highest BCUT2D eigenvalue weighted by atomic mass is 16.5. The van der Waals surface area contributed by atoms with E-state index in [0.717, 1.165) is 37.7 Å². The molecule has 0 amide bonds. The number of hydrogen-bond acceptors (Lipinski definition) is 2. The predicted octanol–water partition coefficient (Wildman–Crippen LogP) is 5.20. The van der Waals surface area contributed by atoms with Crippen LogP contribution >= 0.6 is 0 Å². The smallest absolute Gasteiger partial charge is 0.309 e. The summed E-state index contributed by atoms with van der Waals surface area (Å²) in [6.45, 7) is 4.63. The van der Waals surface area contributed by atoms with Crippen LogP contribution in [0.5, 0.6) is 0 Å². The van der Waals surface area contributed by atoms with Gasteiger partial charge in [-0.1, -0.05) is 53.6 Å². The van der Waals surface area contributed by atoms with E-state index in [4.69, 9.17) is 4.74 Å². The third-order valence-corrected chi connectivity index (χ3v) is 4.03. The molecule has 0 aromatic heterocycles. The van der Waals surface area contributed by atoms with Crippen molar-refractivity contribution >= 4 is 5.97 Å². The van der Waals surface area contributed by atoms with Gasteiger partial charge < -0.3 is 4.74 Å². The van der Waals surface area contributed by atoms with Crippen molar-refractivity contribution in [2.75, 3.05) is 0 Å². The zero-order valence-electron chi connectivity index (χ0n) is 13.7. The van der Waals surface area contributed by atoms with Crippen LogP contribution in [-0.2, 0) is 16.1 Å². The highest BCUT2D eigenvalue weighted by Crippen LogP contribution is 2.28. The van der Waals surface area contributed by atoms with E-state index < -0.39 is 0 Å². The van der Waals surface area contributed by atoms with Gasteiger partial charge in [0.25, 0.3) is 0 Å². The summed E-state index contributed by atoms with van der Waals surface area (Å²) in [5.74, 6) is -0.00733. The molecule has 2 heteroatoms. The number of carbonyl (C=O) groups is 1. The van der Waals surface area contributed by atoms with E-state index in [2.05, 4.69) is 26.0 Å². The molecule has 0 saturated carbocycles. The van der Waals surface area contributed by atoms with Crippen molar-refractivity contribution in [2.45, 2.75) is 52.6 Å². The minimum atomic E-state index is -0.0448. The maximum absolute atomic E-state index is 12.2. The Hall–Kier alpha value is -1.83. The van der Waals surface area contributed by atoms with Gasteiger partial charge in [0.1, 0.15) is 6.61 Å². The fourth-order valence-corrected chi connectivity index (χ4v) is 2.79. The van der Waals surface area contributed by atoms with Crippen molar-refractivity contribution in [3.63, 3.8) is 0 Å². The molecule has 1 unspecified atom stereocenters. The molecule has 0 saturated heterocycles. The lowest BCUT2D eigenvalue weighted by Gasteiger charge is -2.21. The van der Waals surface area contributed by atoms with Crippen LogP contribution < -0.4 is 0 Å². The molecule has 0 bridgehead atoms. The molecule has 22 heavy (non-hydrogen) atoms. The quantitative estimate of drug-likeness (QED) is 0.533. The fourth-order valence-electron chi connectivity index (χ4n) is 2.79. The topological polar surface area (TPSA) is 26.3 Å². The van der Waals surface area contributed by atoms with Crippen LogP contribution in [0.25, 0.3) is 0 Å². The maximum atomic E-state index is 12.2. The van der Waals surface area contributed by atoms with Gasteiger partial charge in [0.15, 0.2) is 0 Å². The van der Waals surface area contributed by atoms with Gasteiger partial charge in [-0.25, -0.2) is 0 Å². The van der Waals surface area contributed by atoms with E-state index in [1.165, 1.54) is 11.1 Å². The van der Waals surface area contributed by atoms with E-state index in [0.29, 0.717) is 6.61 Å². The van der Waals surface area contributed by atoms with Crippen LogP contribution in [0.15, 0.2) is 53.6 Å². The molecule has 0 heterocycles. The summed E-state index contributed by atoms with van der Waals surface area (Å²) in [6, 6.07) is 9.87. The summed E-state index contributed by atoms with van der Waals surface area (Å²) >= 11 is 0. The third kappa shape index (κ3) is 5.51. The van der Waals surface area contributed by atoms with Crippen molar-refractivity contribution in [2.24, 2.45) is 5.92 Å². The van der Waals surface area contributed by atoms with Crippen LogP contribution in [0.3, 0.4) is 0 Å². The maximum Gasteiger partial charge on any atom is 0.309 e. The highest BCUT2D eigenvalue weighted by molar-refractivity contribution is 5.73. The summed E-state index contributed by atoms with van der Waals surface area (Å²) < 4.78 is 5.48. The first-order chi connectivity index (χ1) is 10.6. The van der Waals surface area contributed by atoms with Gasteiger partial charge in [-0.3, -0.25) is 4.79 Å². The molecule has 0 N–H and O–H groups in total. The molecular formula is C20H26O2. The van der Waals surface area contributed by atoms with Crippen molar-refractivity contribution < 1.29 is 9.53 Å². The number of benzene rings is 1. The molecule has 0 spiro atoms. The molecule has 0 aliphatic heterocycles. The summed E-state index contributed by atoms with van der Waals surface area (Å²) in [4.78, 5) is 12.2. The Kier molecular flexibility index (Phi) is 6.45. The lowest BCUT2D eigenvalue weighted by atomic mass is 9.87. The van der Waals surface area contributed by atoms with Gasteiger partial charge in [0.2, 0.25) is 0 Å². The van der Waals surface area contributed by atoms with E-state index in [1.54, 1.807) is 0 Å². The zero-order chi connectivity index (χ0) is 15.8. The second-order valence-corrected chi connectivity index (χ2v) is 6.25. The normalized spacial score (nSPS) is 17.5. The SMILES string of the molecule is CC(C)=CCCC1=CCCC(C(=O)OCc2ccccc2)C1. The first kappa shape index (κ1) is 16.5.